The topological polar surface area (TPSA) is 67.4 Å². The van der Waals surface area contributed by atoms with Crippen LogP contribution in [0.25, 0.3) is 0 Å². The lowest BCUT2D eigenvalue weighted by molar-refractivity contribution is -0.142. The fraction of sp³-hybridized carbons (Fsp3) is 0.429. The smallest absolute Gasteiger partial charge is 0.416 e. The maximum absolute atomic E-state index is 12.4. The number of amides is 1. The van der Waals surface area contributed by atoms with Crippen LogP contribution in [0.1, 0.15) is 22.3 Å². The fourth-order valence-electron chi connectivity index (χ4n) is 2.25. The highest BCUT2D eigenvalue weighted by molar-refractivity contribution is 5.94. The average Bonchev–Trinajstić information content (AvgIpc) is 2.94. The number of alkyl halides is 3. The first-order valence-electron chi connectivity index (χ1n) is 6.60. The Hall–Kier alpha value is -2.09. The zero-order valence-electron chi connectivity index (χ0n) is 11.7. The van der Waals surface area contributed by atoms with Gasteiger partial charge in [-0.25, -0.2) is 0 Å². The first-order valence-corrected chi connectivity index (χ1v) is 6.60. The van der Waals surface area contributed by atoms with Crippen LogP contribution in [0.4, 0.5) is 13.2 Å². The molecule has 1 aliphatic heterocycles. The zero-order chi connectivity index (χ0) is 16.3. The molecule has 0 radical (unpaired) electrons. The zero-order valence-corrected chi connectivity index (χ0v) is 11.7. The predicted octanol–water partition coefficient (Wildman–Crippen LogP) is 1.34. The lowest BCUT2D eigenvalue weighted by Gasteiger charge is -2.12. The van der Waals surface area contributed by atoms with Gasteiger partial charge in [0.25, 0.3) is 5.91 Å². The minimum absolute atomic E-state index is 0.134. The van der Waals surface area contributed by atoms with Gasteiger partial charge in [-0.05, 0) is 30.7 Å². The minimum Gasteiger partial charge on any atom is -0.468 e. The quantitative estimate of drug-likeness (QED) is 0.826. The molecule has 1 amide bonds. The highest BCUT2D eigenvalue weighted by Crippen LogP contribution is 2.29. The molecule has 1 saturated heterocycles. The standard InChI is InChI=1S/C14H15F3N2O3/c1-22-13(21)11-6-10(7-18-11)19-12(20)8-2-4-9(5-3-8)14(15,16)17/h2-5,10-11,18H,6-7H2,1H3,(H,19,20)/t10-,11+/m1/s1. The Bertz CT molecular complexity index is 557. The number of rotatable bonds is 3. The molecule has 2 atom stereocenters. The molecule has 2 N–H and O–H groups in total. The number of carbonyl (C=O) groups excluding carboxylic acids is 2. The molecule has 1 aromatic rings. The van der Waals surface area contributed by atoms with Gasteiger partial charge in [0, 0.05) is 18.2 Å². The summed E-state index contributed by atoms with van der Waals surface area (Å²) in [5, 5.41) is 5.58. The molecule has 8 heteroatoms. The summed E-state index contributed by atoms with van der Waals surface area (Å²) in [6, 6.07) is 3.20. The Balaban J connectivity index is 1.94. The number of methoxy groups -OCH3 is 1. The van der Waals surface area contributed by atoms with Crippen LogP contribution >= 0.6 is 0 Å². The summed E-state index contributed by atoms with van der Waals surface area (Å²) in [5.41, 5.74) is -0.674. The Kier molecular flexibility index (Phi) is 4.70. The lowest BCUT2D eigenvalue weighted by Crippen LogP contribution is -2.36. The van der Waals surface area contributed by atoms with Crippen LogP contribution in [0.5, 0.6) is 0 Å². The van der Waals surface area contributed by atoms with Crippen molar-refractivity contribution in [1.82, 2.24) is 10.6 Å². The summed E-state index contributed by atoms with van der Waals surface area (Å²) in [6.07, 6.45) is -4.06. The van der Waals surface area contributed by atoms with Crippen LogP contribution in [0, 0.1) is 0 Å². The molecular formula is C14H15F3N2O3. The number of nitrogens with one attached hydrogen (secondary N) is 2. The maximum Gasteiger partial charge on any atom is 0.416 e. The van der Waals surface area contributed by atoms with E-state index in [0.29, 0.717) is 13.0 Å². The third kappa shape index (κ3) is 3.76. The molecule has 120 valence electrons. The molecule has 1 fully saturated rings. The van der Waals surface area contributed by atoms with Crippen molar-refractivity contribution in [2.75, 3.05) is 13.7 Å². The van der Waals surface area contributed by atoms with Gasteiger partial charge < -0.3 is 15.4 Å². The molecule has 1 heterocycles. The van der Waals surface area contributed by atoms with E-state index in [1.807, 2.05) is 0 Å². The summed E-state index contributed by atoms with van der Waals surface area (Å²) >= 11 is 0. The summed E-state index contributed by atoms with van der Waals surface area (Å²) in [6.45, 7) is 0.395. The molecule has 0 saturated carbocycles. The number of halogens is 3. The van der Waals surface area contributed by atoms with Crippen LogP contribution in [-0.4, -0.2) is 37.6 Å². The predicted molar refractivity (Wildman–Crippen MR) is 71.1 cm³/mol. The van der Waals surface area contributed by atoms with Crippen LogP contribution in [0.2, 0.25) is 0 Å². The van der Waals surface area contributed by atoms with E-state index >= 15 is 0 Å². The number of ether oxygens (including phenoxy) is 1. The van der Waals surface area contributed by atoms with Crippen LogP contribution in [0.15, 0.2) is 24.3 Å². The molecule has 2 rings (SSSR count). The van der Waals surface area contributed by atoms with E-state index in [1.54, 1.807) is 0 Å². The fourth-order valence-corrected chi connectivity index (χ4v) is 2.25. The summed E-state index contributed by atoms with van der Waals surface area (Å²) in [5.74, 6) is -0.891. The summed E-state index contributed by atoms with van der Waals surface area (Å²) in [7, 11) is 1.28. The molecule has 0 unspecified atom stereocenters. The van der Waals surface area contributed by atoms with Crippen LogP contribution in [-0.2, 0) is 15.7 Å². The molecule has 0 bridgehead atoms. The van der Waals surface area contributed by atoms with Crippen molar-refractivity contribution >= 4 is 11.9 Å². The van der Waals surface area contributed by atoms with Gasteiger partial charge in [-0.1, -0.05) is 0 Å². The molecule has 0 aromatic heterocycles. The van der Waals surface area contributed by atoms with Crippen molar-refractivity contribution < 1.29 is 27.5 Å². The van der Waals surface area contributed by atoms with Gasteiger partial charge in [0.15, 0.2) is 0 Å². The Labute approximate surface area is 124 Å². The number of benzene rings is 1. The Morgan fingerprint density at radius 2 is 1.91 bits per heavy atom. The largest absolute Gasteiger partial charge is 0.468 e. The van der Waals surface area contributed by atoms with Crippen molar-refractivity contribution in [2.45, 2.75) is 24.7 Å². The second kappa shape index (κ2) is 6.35. The molecule has 22 heavy (non-hydrogen) atoms. The second-order valence-corrected chi connectivity index (χ2v) is 4.97. The van der Waals surface area contributed by atoms with E-state index in [9.17, 15) is 22.8 Å². The van der Waals surface area contributed by atoms with Crippen molar-refractivity contribution in [3.63, 3.8) is 0 Å². The van der Waals surface area contributed by atoms with Gasteiger partial charge in [-0.15, -0.1) is 0 Å². The normalized spacial score (nSPS) is 21.5. The van der Waals surface area contributed by atoms with Crippen molar-refractivity contribution in [3.8, 4) is 0 Å². The van der Waals surface area contributed by atoms with Crippen molar-refractivity contribution in [1.29, 1.82) is 0 Å². The van der Waals surface area contributed by atoms with Gasteiger partial charge in [0.2, 0.25) is 0 Å². The average molecular weight is 316 g/mol. The third-order valence-electron chi connectivity index (χ3n) is 3.43. The Morgan fingerprint density at radius 1 is 1.27 bits per heavy atom. The maximum atomic E-state index is 12.4. The number of carbonyl (C=O) groups is 2. The summed E-state index contributed by atoms with van der Waals surface area (Å²) in [4.78, 5) is 23.3. The van der Waals surface area contributed by atoms with Gasteiger partial charge in [0.1, 0.15) is 6.04 Å². The second-order valence-electron chi connectivity index (χ2n) is 4.97. The van der Waals surface area contributed by atoms with E-state index in [0.717, 1.165) is 24.3 Å². The van der Waals surface area contributed by atoms with E-state index in [1.165, 1.54) is 7.11 Å². The monoisotopic (exact) mass is 316 g/mol. The Morgan fingerprint density at radius 3 is 2.45 bits per heavy atom. The molecule has 0 aliphatic carbocycles. The molecular weight excluding hydrogens is 301 g/mol. The molecule has 5 nitrogen and oxygen atoms in total. The van der Waals surface area contributed by atoms with E-state index < -0.39 is 29.7 Å². The number of hydrogen-bond acceptors (Lipinski definition) is 4. The lowest BCUT2D eigenvalue weighted by atomic mass is 10.1. The van der Waals surface area contributed by atoms with E-state index in [4.69, 9.17) is 0 Å². The summed E-state index contributed by atoms with van der Waals surface area (Å²) < 4.78 is 41.9. The van der Waals surface area contributed by atoms with Crippen molar-refractivity contribution in [2.24, 2.45) is 0 Å². The van der Waals surface area contributed by atoms with Gasteiger partial charge >= 0.3 is 12.1 Å². The van der Waals surface area contributed by atoms with Gasteiger partial charge in [-0.3, -0.25) is 9.59 Å². The molecule has 1 aliphatic rings. The number of hydrogen-bond donors (Lipinski definition) is 2. The molecule has 1 aromatic carbocycles. The first-order chi connectivity index (χ1) is 10.3. The first kappa shape index (κ1) is 16.3. The highest BCUT2D eigenvalue weighted by atomic mass is 19.4. The van der Waals surface area contributed by atoms with Crippen LogP contribution < -0.4 is 10.6 Å². The third-order valence-corrected chi connectivity index (χ3v) is 3.43. The minimum atomic E-state index is -4.43. The number of esters is 1. The van der Waals surface area contributed by atoms with E-state index in [-0.39, 0.29) is 11.6 Å². The van der Waals surface area contributed by atoms with Crippen molar-refractivity contribution in [3.05, 3.63) is 35.4 Å². The highest BCUT2D eigenvalue weighted by Gasteiger charge is 2.32. The van der Waals surface area contributed by atoms with Gasteiger partial charge in [0.05, 0.1) is 12.7 Å². The van der Waals surface area contributed by atoms with Gasteiger partial charge in [-0.2, -0.15) is 13.2 Å². The SMILES string of the molecule is COC(=O)[C@@H]1C[C@@H](NC(=O)c2ccc(C(F)(F)F)cc2)CN1. The molecule has 0 spiro atoms. The van der Waals surface area contributed by atoms with Crippen LogP contribution in [0.3, 0.4) is 0 Å². The van der Waals surface area contributed by atoms with E-state index in [2.05, 4.69) is 15.4 Å².